The van der Waals surface area contributed by atoms with Crippen LogP contribution in [-0.2, 0) is 17.8 Å². The molecule has 0 radical (unpaired) electrons. The lowest BCUT2D eigenvalue weighted by Crippen LogP contribution is -2.33. The Morgan fingerprint density at radius 1 is 1.50 bits per heavy atom. The minimum Gasteiger partial charge on any atom is -0.399 e. The second-order valence-corrected chi connectivity index (χ2v) is 5.17. The summed E-state index contributed by atoms with van der Waals surface area (Å²) >= 11 is 0. The Labute approximate surface area is 117 Å². The van der Waals surface area contributed by atoms with Crippen LogP contribution in [0.5, 0.6) is 0 Å². The van der Waals surface area contributed by atoms with Crippen LogP contribution in [0, 0.1) is 0 Å². The number of fused-ring (bicyclic) bond motifs is 1. The van der Waals surface area contributed by atoms with Gasteiger partial charge in [-0.2, -0.15) is 5.10 Å². The lowest BCUT2D eigenvalue weighted by molar-refractivity contribution is -0.122. The van der Waals surface area contributed by atoms with E-state index in [-0.39, 0.29) is 18.5 Å². The summed E-state index contributed by atoms with van der Waals surface area (Å²) in [5.41, 5.74) is 9.05. The highest BCUT2D eigenvalue weighted by molar-refractivity contribution is 5.76. The van der Waals surface area contributed by atoms with Crippen LogP contribution in [0.4, 0.5) is 5.69 Å². The Morgan fingerprint density at radius 3 is 3.20 bits per heavy atom. The van der Waals surface area contributed by atoms with Crippen molar-refractivity contribution in [2.24, 2.45) is 0 Å². The molecule has 0 saturated carbocycles. The third kappa shape index (κ3) is 2.66. The van der Waals surface area contributed by atoms with E-state index >= 15 is 0 Å². The van der Waals surface area contributed by atoms with Crippen LogP contribution in [0.3, 0.4) is 0 Å². The van der Waals surface area contributed by atoms with Crippen LogP contribution in [0.2, 0.25) is 0 Å². The van der Waals surface area contributed by atoms with Gasteiger partial charge in [0.05, 0.1) is 6.04 Å². The average Bonchev–Trinajstić information content (AvgIpc) is 2.91. The zero-order valence-electron chi connectivity index (χ0n) is 11.2. The fourth-order valence-electron chi connectivity index (χ4n) is 2.77. The van der Waals surface area contributed by atoms with Gasteiger partial charge >= 0.3 is 0 Å². The van der Waals surface area contributed by atoms with E-state index in [9.17, 15) is 4.79 Å². The maximum absolute atomic E-state index is 12.1. The number of carbonyl (C=O) groups excluding carboxylic acids is 1. The molecule has 3 rings (SSSR count). The van der Waals surface area contributed by atoms with Gasteiger partial charge in [-0.3, -0.25) is 9.48 Å². The summed E-state index contributed by atoms with van der Waals surface area (Å²) < 4.78 is 1.63. The van der Waals surface area contributed by atoms with Crippen LogP contribution < -0.4 is 11.1 Å². The molecule has 1 unspecified atom stereocenters. The van der Waals surface area contributed by atoms with Gasteiger partial charge in [0.25, 0.3) is 0 Å². The first-order valence-electron chi connectivity index (χ1n) is 6.87. The highest BCUT2D eigenvalue weighted by Crippen LogP contribution is 2.30. The SMILES string of the molecule is Nc1ccc2c(c1)CCCC2NC(=O)Cn1cccn1. The summed E-state index contributed by atoms with van der Waals surface area (Å²) in [6.07, 6.45) is 6.54. The molecule has 1 aromatic carbocycles. The summed E-state index contributed by atoms with van der Waals surface area (Å²) in [5, 5.41) is 7.14. The molecule has 1 amide bonds. The number of benzene rings is 1. The zero-order chi connectivity index (χ0) is 13.9. The molecule has 20 heavy (non-hydrogen) atoms. The number of anilines is 1. The number of nitrogens with two attached hydrogens (primary N) is 1. The van der Waals surface area contributed by atoms with Gasteiger partial charge < -0.3 is 11.1 Å². The molecule has 0 saturated heterocycles. The number of nitrogens with one attached hydrogen (secondary N) is 1. The van der Waals surface area contributed by atoms with E-state index in [1.54, 1.807) is 17.1 Å². The van der Waals surface area contributed by atoms with Gasteiger partial charge in [0.15, 0.2) is 0 Å². The third-order valence-corrected chi connectivity index (χ3v) is 3.68. The minimum atomic E-state index is -0.0108. The summed E-state index contributed by atoms with van der Waals surface area (Å²) in [6.45, 7) is 0.258. The fraction of sp³-hybridized carbons (Fsp3) is 0.333. The largest absolute Gasteiger partial charge is 0.399 e. The van der Waals surface area contributed by atoms with E-state index in [4.69, 9.17) is 5.73 Å². The van der Waals surface area contributed by atoms with Gasteiger partial charge in [0.2, 0.25) is 5.91 Å². The molecule has 5 nitrogen and oxygen atoms in total. The molecule has 3 N–H and O–H groups in total. The number of nitrogen functional groups attached to an aromatic ring is 1. The van der Waals surface area contributed by atoms with Crippen molar-refractivity contribution in [2.75, 3.05) is 5.73 Å². The lowest BCUT2D eigenvalue weighted by Gasteiger charge is -2.26. The molecule has 1 aliphatic carbocycles. The molecule has 104 valence electrons. The van der Waals surface area contributed by atoms with E-state index in [1.165, 1.54) is 11.1 Å². The average molecular weight is 270 g/mol. The molecule has 1 heterocycles. The Kier molecular flexibility index (Phi) is 3.41. The van der Waals surface area contributed by atoms with Gasteiger partial charge in [-0.25, -0.2) is 0 Å². The van der Waals surface area contributed by atoms with Crippen molar-refractivity contribution >= 4 is 11.6 Å². The number of hydrogen-bond donors (Lipinski definition) is 2. The molecule has 0 bridgehead atoms. The first-order valence-corrected chi connectivity index (χ1v) is 6.87. The van der Waals surface area contributed by atoms with E-state index in [0.717, 1.165) is 24.9 Å². The maximum Gasteiger partial charge on any atom is 0.242 e. The van der Waals surface area contributed by atoms with Crippen molar-refractivity contribution in [3.05, 3.63) is 47.8 Å². The van der Waals surface area contributed by atoms with Crippen molar-refractivity contribution in [2.45, 2.75) is 31.8 Å². The van der Waals surface area contributed by atoms with Crippen LogP contribution in [-0.4, -0.2) is 15.7 Å². The first kappa shape index (κ1) is 12.7. The predicted octanol–water partition coefficient (Wildman–Crippen LogP) is 1.66. The van der Waals surface area contributed by atoms with Crippen molar-refractivity contribution in [1.82, 2.24) is 15.1 Å². The number of carbonyl (C=O) groups is 1. The minimum absolute atomic E-state index is 0.0108. The Balaban J connectivity index is 1.71. The molecule has 0 fully saturated rings. The smallest absolute Gasteiger partial charge is 0.242 e. The van der Waals surface area contributed by atoms with Crippen molar-refractivity contribution < 1.29 is 4.79 Å². The van der Waals surface area contributed by atoms with E-state index < -0.39 is 0 Å². The second kappa shape index (κ2) is 5.36. The lowest BCUT2D eigenvalue weighted by atomic mass is 9.87. The summed E-state index contributed by atoms with van der Waals surface area (Å²) in [5.74, 6) is -0.0108. The van der Waals surface area contributed by atoms with Crippen molar-refractivity contribution in [3.8, 4) is 0 Å². The van der Waals surface area contributed by atoms with Crippen LogP contribution in [0.25, 0.3) is 0 Å². The molecule has 1 aliphatic rings. The fourth-order valence-corrected chi connectivity index (χ4v) is 2.77. The molecule has 0 aliphatic heterocycles. The molecule has 2 aromatic rings. The molecular formula is C15H18N4O. The normalized spacial score (nSPS) is 17.5. The topological polar surface area (TPSA) is 72.9 Å². The highest BCUT2D eigenvalue weighted by atomic mass is 16.2. The van der Waals surface area contributed by atoms with Gasteiger partial charge in [0, 0.05) is 18.1 Å². The highest BCUT2D eigenvalue weighted by Gasteiger charge is 2.21. The molecule has 1 atom stereocenters. The molecule has 5 heteroatoms. The van der Waals surface area contributed by atoms with E-state index in [0.29, 0.717) is 0 Å². The monoisotopic (exact) mass is 270 g/mol. The maximum atomic E-state index is 12.1. The molecule has 0 spiro atoms. The number of amides is 1. The Hall–Kier alpha value is -2.30. The predicted molar refractivity (Wildman–Crippen MR) is 76.9 cm³/mol. The van der Waals surface area contributed by atoms with Gasteiger partial charge in [-0.05, 0) is 48.6 Å². The van der Waals surface area contributed by atoms with E-state index in [1.807, 2.05) is 24.3 Å². The number of aromatic nitrogens is 2. The Morgan fingerprint density at radius 2 is 2.40 bits per heavy atom. The third-order valence-electron chi connectivity index (χ3n) is 3.68. The summed E-state index contributed by atoms with van der Waals surface area (Å²) in [6, 6.07) is 7.84. The van der Waals surface area contributed by atoms with Gasteiger partial charge in [0.1, 0.15) is 6.54 Å². The summed E-state index contributed by atoms with van der Waals surface area (Å²) in [4.78, 5) is 12.1. The van der Waals surface area contributed by atoms with Gasteiger partial charge in [-0.15, -0.1) is 0 Å². The second-order valence-electron chi connectivity index (χ2n) is 5.17. The van der Waals surface area contributed by atoms with Gasteiger partial charge in [-0.1, -0.05) is 6.07 Å². The van der Waals surface area contributed by atoms with Crippen LogP contribution in [0.1, 0.15) is 30.0 Å². The van der Waals surface area contributed by atoms with Crippen LogP contribution in [0.15, 0.2) is 36.7 Å². The first-order chi connectivity index (χ1) is 9.72. The molecular weight excluding hydrogens is 252 g/mol. The zero-order valence-corrected chi connectivity index (χ0v) is 11.2. The Bertz CT molecular complexity index is 606. The van der Waals surface area contributed by atoms with Crippen LogP contribution >= 0.6 is 0 Å². The molecule has 1 aromatic heterocycles. The summed E-state index contributed by atoms with van der Waals surface area (Å²) in [7, 11) is 0. The number of rotatable bonds is 3. The number of hydrogen-bond acceptors (Lipinski definition) is 3. The van der Waals surface area contributed by atoms with Crippen molar-refractivity contribution in [1.29, 1.82) is 0 Å². The number of nitrogens with zero attached hydrogens (tertiary/aromatic N) is 2. The quantitative estimate of drug-likeness (QED) is 0.833. The van der Waals surface area contributed by atoms with Crippen molar-refractivity contribution in [3.63, 3.8) is 0 Å². The number of aryl methyl sites for hydroxylation is 1. The standard InChI is InChI=1S/C15H18N4O/c16-12-5-6-13-11(9-12)3-1-4-14(13)18-15(20)10-19-8-2-7-17-19/h2,5-9,14H,1,3-4,10,16H2,(H,18,20). The van der Waals surface area contributed by atoms with E-state index in [2.05, 4.69) is 10.4 Å².